The average molecular weight is 875 g/mol. The molecule has 0 saturated heterocycles. The maximum absolute atomic E-state index is 7.73. The maximum Gasteiger partial charge on any atom is 0.187 e. The van der Waals surface area contributed by atoms with E-state index in [0.717, 1.165) is 22.7 Å². The monoisotopic (exact) mass is 874 g/mol. The van der Waals surface area contributed by atoms with Crippen molar-refractivity contribution in [2.24, 2.45) is 0 Å². The highest BCUT2D eigenvalue weighted by Crippen LogP contribution is 2.47. The molecule has 62 heavy (non-hydrogen) atoms. The van der Waals surface area contributed by atoms with Gasteiger partial charge in [0.15, 0.2) is 11.4 Å². The fourth-order valence-electron chi connectivity index (χ4n) is 8.58. The Morgan fingerprint density at radius 2 is 0.629 bits per heavy atom. The lowest BCUT2D eigenvalue weighted by Gasteiger charge is -2.32. The third kappa shape index (κ3) is 8.05. The van der Waals surface area contributed by atoms with Gasteiger partial charge < -0.3 is 9.80 Å². The number of nitrogens with zero attached hydrogens (tertiary/aromatic N) is 4. The van der Waals surface area contributed by atoms with Crippen LogP contribution >= 0.6 is 0 Å². The zero-order chi connectivity index (χ0) is 44.5. The van der Waals surface area contributed by atoms with Crippen molar-refractivity contribution in [3.05, 3.63) is 156 Å². The third-order valence-electron chi connectivity index (χ3n) is 12.4. The standard InChI is InChI=1S/C54H58N4Si4/c1-55-39-19-23-41(24-20-39)57(43-31-45(59(3,4)5)35-46(32-43)60(6,7)8)51-29-17-37-16-28-50-52(30-18-38-15-27-49(51)53(37)54(38)50)58(42-25-21-40(56-2)22-26-42)44-33-47(61(9,10)11)36-48(34-44)62(12,13)14/h15-36H,3-14H3. The lowest BCUT2D eigenvalue weighted by molar-refractivity contribution is 1.30. The Bertz CT molecular complexity index is 2800. The van der Waals surface area contributed by atoms with Gasteiger partial charge in [-0.3, -0.25) is 0 Å². The molecule has 8 heteroatoms. The number of benzene rings is 8. The molecule has 0 aliphatic carbocycles. The Balaban J connectivity index is 1.44. The van der Waals surface area contributed by atoms with Crippen LogP contribution in [0.25, 0.3) is 42.0 Å². The topological polar surface area (TPSA) is 15.2 Å². The third-order valence-corrected chi connectivity index (χ3v) is 20.5. The summed E-state index contributed by atoms with van der Waals surface area (Å²) in [4.78, 5) is 12.4. The summed E-state index contributed by atoms with van der Waals surface area (Å²) in [5.41, 5.74) is 7.93. The summed E-state index contributed by atoms with van der Waals surface area (Å²) >= 11 is 0. The fourth-order valence-corrected chi connectivity index (χ4v) is 13.5. The highest BCUT2D eigenvalue weighted by Gasteiger charge is 2.29. The molecule has 8 aromatic rings. The van der Waals surface area contributed by atoms with Gasteiger partial charge in [0, 0.05) is 33.5 Å². The molecule has 310 valence electrons. The molecule has 0 amide bonds. The van der Waals surface area contributed by atoms with Gasteiger partial charge >= 0.3 is 0 Å². The number of rotatable bonds is 10. The summed E-state index contributed by atoms with van der Waals surface area (Å²) in [7, 11) is -6.84. The molecular weight excluding hydrogens is 817 g/mol. The lowest BCUT2D eigenvalue weighted by atomic mass is 9.91. The largest absolute Gasteiger partial charge is 0.310 e. The van der Waals surface area contributed by atoms with Gasteiger partial charge in [-0.15, -0.1) is 0 Å². The molecule has 0 saturated carbocycles. The van der Waals surface area contributed by atoms with Crippen LogP contribution in [-0.4, -0.2) is 32.3 Å². The summed E-state index contributed by atoms with van der Waals surface area (Å²) in [6.07, 6.45) is 0. The van der Waals surface area contributed by atoms with Gasteiger partial charge in [-0.25, -0.2) is 9.69 Å². The summed E-state index contributed by atoms with van der Waals surface area (Å²) < 4.78 is 0. The fraction of sp³-hybridized carbons (Fsp3) is 0.222. The average Bonchev–Trinajstić information content (AvgIpc) is 3.23. The molecule has 4 nitrogen and oxygen atoms in total. The van der Waals surface area contributed by atoms with Crippen LogP contribution in [-0.2, 0) is 0 Å². The molecule has 0 bridgehead atoms. The van der Waals surface area contributed by atoms with Gasteiger partial charge in [0.25, 0.3) is 0 Å². The van der Waals surface area contributed by atoms with E-state index in [0.29, 0.717) is 11.4 Å². The van der Waals surface area contributed by atoms with Crippen molar-refractivity contribution in [2.45, 2.75) is 78.6 Å². The number of anilines is 6. The zero-order valence-corrected chi connectivity index (χ0v) is 42.5. The Kier molecular flexibility index (Phi) is 10.8. The van der Waals surface area contributed by atoms with Crippen LogP contribution in [0.3, 0.4) is 0 Å². The first kappa shape index (κ1) is 42.9. The molecule has 0 spiro atoms. The van der Waals surface area contributed by atoms with E-state index in [1.807, 2.05) is 24.3 Å². The minimum absolute atomic E-state index is 0.635. The maximum atomic E-state index is 7.73. The van der Waals surface area contributed by atoms with Crippen LogP contribution in [0.5, 0.6) is 0 Å². The Labute approximate surface area is 373 Å². The predicted octanol–water partition coefficient (Wildman–Crippen LogP) is 14.8. The first-order chi connectivity index (χ1) is 29.1. The summed E-state index contributed by atoms with van der Waals surface area (Å²) in [5.74, 6) is 0. The second-order valence-electron chi connectivity index (χ2n) is 21.1. The first-order valence-electron chi connectivity index (χ1n) is 21.7. The molecule has 8 aromatic carbocycles. The van der Waals surface area contributed by atoms with Gasteiger partial charge in [0.1, 0.15) is 0 Å². The normalized spacial score (nSPS) is 12.5. The van der Waals surface area contributed by atoms with E-state index in [2.05, 4.69) is 207 Å². The van der Waals surface area contributed by atoms with E-state index in [9.17, 15) is 0 Å². The molecule has 0 atom stereocenters. The minimum atomic E-state index is -1.71. The molecule has 0 aliphatic rings. The lowest BCUT2D eigenvalue weighted by Crippen LogP contribution is -2.45. The molecule has 0 aliphatic heterocycles. The Morgan fingerprint density at radius 3 is 0.903 bits per heavy atom. The molecule has 0 unspecified atom stereocenters. The van der Waals surface area contributed by atoms with Crippen molar-refractivity contribution in [1.82, 2.24) is 0 Å². The highest BCUT2D eigenvalue weighted by molar-refractivity contribution is 6.92. The van der Waals surface area contributed by atoms with Crippen LogP contribution in [0.15, 0.2) is 133 Å². The predicted molar refractivity (Wildman–Crippen MR) is 284 cm³/mol. The zero-order valence-electron chi connectivity index (χ0n) is 38.5. The van der Waals surface area contributed by atoms with E-state index in [4.69, 9.17) is 13.1 Å². The summed E-state index contributed by atoms with van der Waals surface area (Å²) in [6, 6.07) is 49.4. The van der Waals surface area contributed by atoms with Crippen molar-refractivity contribution in [1.29, 1.82) is 0 Å². The second kappa shape index (κ2) is 15.6. The Hall–Kier alpha value is -5.75. The van der Waals surface area contributed by atoms with Crippen molar-refractivity contribution < 1.29 is 0 Å². The molecule has 0 aromatic heterocycles. The van der Waals surface area contributed by atoms with E-state index in [1.54, 1.807) is 0 Å². The Morgan fingerprint density at radius 1 is 0.339 bits per heavy atom. The van der Waals surface area contributed by atoms with Gasteiger partial charge in [-0.05, 0) is 82.2 Å². The smallest absolute Gasteiger partial charge is 0.187 e. The molecular formula is C54H58N4Si4. The summed E-state index contributed by atoms with van der Waals surface area (Å²) in [5, 5.41) is 13.1. The minimum Gasteiger partial charge on any atom is -0.310 e. The van der Waals surface area contributed by atoms with E-state index >= 15 is 0 Å². The van der Waals surface area contributed by atoms with Gasteiger partial charge in [0.05, 0.1) is 56.8 Å². The number of hydrogen-bond donors (Lipinski definition) is 0. The van der Waals surface area contributed by atoms with Crippen LogP contribution in [0.1, 0.15) is 0 Å². The van der Waals surface area contributed by atoms with Crippen molar-refractivity contribution in [3.63, 3.8) is 0 Å². The SMILES string of the molecule is [C-]#[N+]c1ccc(N(c2cc([Si](C)(C)C)cc([Si](C)(C)C)c2)c2ccc3ccc4c(N(c5ccc([N+]#[C-])cc5)c5cc([Si](C)(C)C)cc([Si](C)(C)C)c5)ccc5ccc2c3c54)cc1. The van der Waals surface area contributed by atoms with Crippen LogP contribution in [0, 0.1) is 13.1 Å². The second-order valence-corrected chi connectivity index (χ2v) is 41.4. The molecule has 0 N–H and O–H groups in total. The molecule has 0 fully saturated rings. The van der Waals surface area contributed by atoms with Gasteiger partial charge in [-0.1, -0.05) is 172 Å². The molecule has 0 heterocycles. The van der Waals surface area contributed by atoms with Crippen molar-refractivity contribution in [2.75, 3.05) is 9.80 Å². The van der Waals surface area contributed by atoms with E-state index in [-0.39, 0.29) is 0 Å². The molecule has 0 radical (unpaired) electrons. The molecule has 8 rings (SSSR count). The number of hydrogen-bond acceptors (Lipinski definition) is 2. The van der Waals surface area contributed by atoms with Crippen molar-refractivity contribution >= 4 is 131 Å². The quantitative estimate of drug-likeness (QED) is 0.0773. The van der Waals surface area contributed by atoms with Gasteiger partial charge in [0.2, 0.25) is 0 Å². The highest BCUT2D eigenvalue weighted by atomic mass is 28.3. The van der Waals surface area contributed by atoms with E-state index < -0.39 is 32.3 Å². The van der Waals surface area contributed by atoms with Crippen molar-refractivity contribution in [3.8, 4) is 0 Å². The first-order valence-corrected chi connectivity index (χ1v) is 35.7. The van der Waals surface area contributed by atoms with Crippen LogP contribution < -0.4 is 30.5 Å². The van der Waals surface area contributed by atoms with Crippen LogP contribution in [0.2, 0.25) is 78.6 Å². The van der Waals surface area contributed by atoms with Gasteiger partial charge in [-0.2, -0.15) is 0 Å². The van der Waals surface area contributed by atoms with Crippen LogP contribution in [0.4, 0.5) is 45.5 Å². The van der Waals surface area contributed by atoms with E-state index in [1.165, 1.54) is 64.4 Å². The summed E-state index contributed by atoms with van der Waals surface area (Å²) in [6.45, 7) is 44.8.